The SMILES string of the molecule is O=c1cc(OC2CCCOCC2)nc2ccc(Br)cn12. The van der Waals surface area contributed by atoms with Crippen LogP contribution in [-0.2, 0) is 4.74 Å². The van der Waals surface area contributed by atoms with Crippen molar-refractivity contribution in [2.75, 3.05) is 13.2 Å². The molecule has 1 fully saturated rings. The van der Waals surface area contributed by atoms with Gasteiger partial charge in [-0.3, -0.25) is 9.20 Å². The van der Waals surface area contributed by atoms with E-state index in [0.717, 1.165) is 30.3 Å². The second-order valence-electron chi connectivity index (χ2n) is 4.79. The number of aromatic nitrogens is 2. The average molecular weight is 339 g/mol. The molecule has 1 atom stereocenters. The van der Waals surface area contributed by atoms with Crippen LogP contribution in [0.3, 0.4) is 0 Å². The van der Waals surface area contributed by atoms with Crippen molar-refractivity contribution in [3.8, 4) is 5.88 Å². The first-order chi connectivity index (χ1) is 9.72. The Kier molecular flexibility index (Phi) is 4.03. The Morgan fingerprint density at radius 1 is 1.35 bits per heavy atom. The van der Waals surface area contributed by atoms with Gasteiger partial charge in [0.2, 0.25) is 5.88 Å². The largest absolute Gasteiger partial charge is 0.474 e. The highest BCUT2D eigenvalue weighted by Gasteiger charge is 2.15. The lowest BCUT2D eigenvalue weighted by atomic mass is 10.2. The Morgan fingerprint density at radius 2 is 2.25 bits per heavy atom. The van der Waals surface area contributed by atoms with Crippen LogP contribution in [0.4, 0.5) is 0 Å². The quantitative estimate of drug-likeness (QED) is 0.843. The molecule has 1 saturated heterocycles. The van der Waals surface area contributed by atoms with Crippen LogP contribution in [0.2, 0.25) is 0 Å². The van der Waals surface area contributed by atoms with Crippen LogP contribution in [0.5, 0.6) is 5.88 Å². The van der Waals surface area contributed by atoms with Gasteiger partial charge in [-0.2, -0.15) is 4.98 Å². The molecule has 2 aromatic heterocycles. The summed E-state index contributed by atoms with van der Waals surface area (Å²) in [6, 6.07) is 5.07. The number of nitrogens with zero attached hydrogens (tertiary/aromatic N) is 2. The third-order valence-corrected chi connectivity index (χ3v) is 3.76. The summed E-state index contributed by atoms with van der Waals surface area (Å²) in [4.78, 5) is 16.4. The van der Waals surface area contributed by atoms with Crippen molar-refractivity contribution in [1.82, 2.24) is 9.38 Å². The molecule has 1 unspecified atom stereocenters. The van der Waals surface area contributed by atoms with Crippen LogP contribution in [0.1, 0.15) is 19.3 Å². The molecule has 0 N–H and O–H groups in total. The van der Waals surface area contributed by atoms with E-state index in [1.54, 1.807) is 12.3 Å². The smallest absolute Gasteiger partial charge is 0.261 e. The zero-order valence-electron chi connectivity index (χ0n) is 10.9. The van der Waals surface area contributed by atoms with Crippen molar-refractivity contribution >= 4 is 21.6 Å². The third kappa shape index (κ3) is 3.02. The molecule has 106 valence electrons. The third-order valence-electron chi connectivity index (χ3n) is 3.29. The number of pyridine rings is 1. The lowest BCUT2D eigenvalue weighted by Gasteiger charge is -2.15. The number of halogens is 1. The minimum atomic E-state index is -0.142. The molecule has 0 bridgehead atoms. The number of ether oxygens (including phenoxy) is 2. The van der Waals surface area contributed by atoms with Crippen LogP contribution in [0.25, 0.3) is 5.65 Å². The molecule has 0 spiro atoms. The van der Waals surface area contributed by atoms with Gasteiger partial charge in [0.1, 0.15) is 11.8 Å². The predicted octanol–water partition coefficient (Wildman–Crippen LogP) is 2.40. The van der Waals surface area contributed by atoms with E-state index >= 15 is 0 Å². The molecular weight excluding hydrogens is 324 g/mol. The van der Waals surface area contributed by atoms with E-state index < -0.39 is 0 Å². The van der Waals surface area contributed by atoms with E-state index in [1.165, 1.54) is 10.5 Å². The summed E-state index contributed by atoms with van der Waals surface area (Å²) in [5.41, 5.74) is 0.441. The maximum Gasteiger partial charge on any atom is 0.261 e. The van der Waals surface area contributed by atoms with Gasteiger partial charge in [0.15, 0.2) is 0 Å². The van der Waals surface area contributed by atoms with Crippen molar-refractivity contribution in [3.05, 3.63) is 39.2 Å². The molecule has 3 rings (SSSR count). The minimum absolute atomic E-state index is 0.0716. The van der Waals surface area contributed by atoms with Crippen LogP contribution in [-0.4, -0.2) is 28.7 Å². The fourth-order valence-electron chi connectivity index (χ4n) is 2.28. The summed E-state index contributed by atoms with van der Waals surface area (Å²) in [5, 5.41) is 0. The zero-order chi connectivity index (χ0) is 13.9. The van der Waals surface area contributed by atoms with E-state index in [2.05, 4.69) is 20.9 Å². The molecule has 20 heavy (non-hydrogen) atoms. The summed E-state index contributed by atoms with van der Waals surface area (Å²) in [7, 11) is 0. The molecule has 6 heteroatoms. The van der Waals surface area contributed by atoms with Gasteiger partial charge in [-0.25, -0.2) is 0 Å². The Morgan fingerprint density at radius 3 is 3.15 bits per heavy atom. The summed E-state index contributed by atoms with van der Waals surface area (Å²) >= 11 is 3.34. The molecule has 0 aliphatic carbocycles. The topological polar surface area (TPSA) is 52.8 Å². The van der Waals surface area contributed by atoms with Crippen molar-refractivity contribution in [1.29, 1.82) is 0 Å². The van der Waals surface area contributed by atoms with Gasteiger partial charge in [-0.05, 0) is 40.9 Å². The van der Waals surface area contributed by atoms with Gasteiger partial charge in [0.05, 0.1) is 12.7 Å². The Hall–Kier alpha value is -1.40. The molecule has 1 aliphatic heterocycles. The van der Waals surface area contributed by atoms with Crippen molar-refractivity contribution in [3.63, 3.8) is 0 Å². The summed E-state index contributed by atoms with van der Waals surface area (Å²) in [6.45, 7) is 1.48. The highest BCUT2D eigenvalue weighted by molar-refractivity contribution is 9.10. The van der Waals surface area contributed by atoms with Crippen molar-refractivity contribution < 1.29 is 9.47 Å². The first kappa shape index (κ1) is 13.6. The molecule has 0 radical (unpaired) electrons. The summed E-state index contributed by atoms with van der Waals surface area (Å²) < 4.78 is 13.6. The van der Waals surface area contributed by atoms with Crippen LogP contribution in [0.15, 0.2) is 33.7 Å². The standard InChI is InChI=1S/C14H15BrN2O3/c15-10-3-4-12-16-13(8-14(18)17(12)9-10)20-11-2-1-6-19-7-5-11/h3-4,8-9,11H,1-2,5-7H2. The Bertz CT molecular complexity index is 663. The van der Waals surface area contributed by atoms with E-state index in [9.17, 15) is 4.79 Å². The number of hydrogen-bond donors (Lipinski definition) is 0. The van der Waals surface area contributed by atoms with Gasteiger partial charge in [0, 0.05) is 23.7 Å². The molecule has 1 aliphatic rings. The van der Waals surface area contributed by atoms with E-state index in [0.29, 0.717) is 18.1 Å². The molecule has 0 amide bonds. The number of fused-ring (bicyclic) bond motifs is 1. The fraction of sp³-hybridized carbons (Fsp3) is 0.429. The Labute approximate surface area is 124 Å². The fourth-order valence-corrected chi connectivity index (χ4v) is 2.62. The molecule has 5 nitrogen and oxygen atoms in total. The lowest BCUT2D eigenvalue weighted by molar-refractivity contribution is 0.125. The maximum atomic E-state index is 12.1. The predicted molar refractivity (Wildman–Crippen MR) is 78.2 cm³/mol. The van der Waals surface area contributed by atoms with Gasteiger partial charge in [-0.1, -0.05) is 0 Å². The van der Waals surface area contributed by atoms with Crippen molar-refractivity contribution in [2.24, 2.45) is 0 Å². The van der Waals surface area contributed by atoms with Gasteiger partial charge < -0.3 is 9.47 Å². The maximum absolute atomic E-state index is 12.1. The van der Waals surface area contributed by atoms with Gasteiger partial charge in [-0.15, -0.1) is 0 Å². The van der Waals surface area contributed by atoms with E-state index in [1.807, 2.05) is 6.07 Å². The van der Waals surface area contributed by atoms with Gasteiger partial charge >= 0.3 is 0 Å². The van der Waals surface area contributed by atoms with E-state index in [4.69, 9.17) is 9.47 Å². The lowest BCUT2D eigenvalue weighted by Crippen LogP contribution is -2.20. The van der Waals surface area contributed by atoms with Crippen LogP contribution >= 0.6 is 15.9 Å². The monoisotopic (exact) mass is 338 g/mol. The average Bonchev–Trinajstić information content (AvgIpc) is 2.68. The normalized spacial score (nSPS) is 19.8. The van der Waals surface area contributed by atoms with Gasteiger partial charge in [0.25, 0.3) is 5.56 Å². The second-order valence-corrected chi connectivity index (χ2v) is 5.71. The Balaban J connectivity index is 1.88. The summed E-state index contributed by atoms with van der Waals surface area (Å²) in [6.07, 6.45) is 4.52. The second kappa shape index (κ2) is 5.93. The molecule has 3 heterocycles. The highest BCUT2D eigenvalue weighted by Crippen LogP contribution is 2.17. The van der Waals surface area contributed by atoms with Crippen molar-refractivity contribution in [2.45, 2.75) is 25.4 Å². The van der Waals surface area contributed by atoms with Crippen LogP contribution < -0.4 is 10.3 Å². The summed E-state index contributed by atoms with van der Waals surface area (Å²) in [5.74, 6) is 0.393. The number of rotatable bonds is 2. The molecule has 0 saturated carbocycles. The minimum Gasteiger partial charge on any atom is -0.474 e. The molecular formula is C14H15BrN2O3. The molecule has 2 aromatic rings. The number of hydrogen-bond acceptors (Lipinski definition) is 4. The van der Waals surface area contributed by atoms with Crippen LogP contribution in [0, 0.1) is 0 Å². The first-order valence-electron chi connectivity index (χ1n) is 6.66. The highest BCUT2D eigenvalue weighted by atomic mass is 79.9. The van der Waals surface area contributed by atoms with E-state index in [-0.39, 0.29) is 11.7 Å². The zero-order valence-corrected chi connectivity index (χ0v) is 12.5. The first-order valence-corrected chi connectivity index (χ1v) is 7.45. The molecule has 0 aromatic carbocycles.